The zero-order valence-electron chi connectivity index (χ0n) is 17.5. The van der Waals surface area contributed by atoms with Crippen LogP contribution in [-0.2, 0) is 16.1 Å². The predicted octanol–water partition coefficient (Wildman–Crippen LogP) is 4.67. The summed E-state index contributed by atoms with van der Waals surface area (Å²) < 4.78 is 32.2. The lowest BCUT2D eigenvalue weighted by atomic mass is 10.0. The fourth-order valence-electron chi connectivity index (χ4n) is 3.46. The van der Waals surface area contributed by atoms with E-state index in [1.807, 2.05) is 19.1 Å². The number of rotatable bonds is 6. The van der Waals surface area contributed by atoms with Crippen molar-refractivity contribution in [1.82, 2.24) is 4.90 Å². The molecule has 0 spiro atoms. The van der Waals surface area contributed by atoms with Gasteiger partial charge < -0.3 is 10.1 Å². The van der Waals surface area contributed by atoms with Gasteiger partial charge in [0.25, 0.3) is 11.8 Å². The summed E-state index contributed by atoms with van der Waals surface area (Å²) in [5, 5.41) is 2.83. The maximum atomic E-state index is 13.7. The molecule has 1 heterocycles. The summed E-state index contributed by atoms with van der Waals surface area (Å²) in [6.07, 6.45) is 0. The van der Waals surface area contributed by atoms with Gasteiger partial charge in [-0.05, 0) is 42.3 Å². The highest BCUT2D eigenvalue weighted by molar-refractivity contribution is 6.36. The third kappa shape index (κ3) is 4.09. The first-order valence-corrected chi connectivity index (χ1v) is 9.90. The number of amides is 2. The third-order valence-corrected chi connectivity index (χ3v) is 5.20. The van der Waals surface area contributed by atoms with E-state index in [1.54, 1.807) is 43.5 Å². The molecule has 1 N–H and O–H groups in total. The highest BCUT2D eigenvalue weighted by atomic mass is 19.2. The molecule has 0 radical (unpaired) electrons. The average molecular weight is 434 g/mol. The second-order valence-corrected chi connectivity index (χ2v) is 7.41. The molecule has 4 rings (SSSR count). The Morgan fingerprint density at radius 1 is 0.875 bits per heavy atom. The van der Waals surface area contributed by atoms with Crippen molar-refractivity contribution in [2.75, 3.05) is 12.4 Å². The monoisotopic (exact) mass is 434 g/mol. The van der Waals surface area contributed by atoms with Crippen LogP contribution in [0.5, 0.6) is 5.75 Å². The van der Waals surface area contributed by atoms with Crippen LogP contribution in [0.2, 0.25) is 0 Å². The second-order valence-electron chi connectivity index (χ2n) is 7.41. The molecule has 0 fully saturated rings. The highest BCUT2D eigenvalue weighted by Gasteiger charge is 2.39. The number of imide groups is 1. The fraction of sp³-hybridized carbons (Fsp3) is 0.120. The van der Waals surface area contributed by atoms with Gasteiger partial charge in [-0.2, -0.15) is 0 Å². The van der Waals surface area contributed by atoms with Crippen molar-refractivity contribution in [2.24, 2.45) is 0 Å². The molecule has 3 aromatic carbocycles. The normalized spacial score (nSPS) is 13.7. The molecule has 1 aliphatic heterocycles. The summed E-state index contributed by atoms with van der Waals surface area (Å²) in [5.41, 5.74) is 2.64. The Hall–Kier alpha value is -4.00. The van der Waals surface area contributed by atoms with Crippen molar-refractivity contribution in [1.29, 1.82) is 0 Å². The van der Waals surface area contributed by atoms with Gasteiger partial charge in [0, 0.05) is 11.8 Å². The summed E-state index contributed by atoms with van der Waals surface area (Å²) >= 11 is 0. The van der Waals surface area contributed by atoms with Crippen LogP contribution in [0.3, 0.4) is 0 Å². The number of halogens is 2. The molecular formula is C25H20F2N2O3. The van der Waals surface area contributed by atoms with E-state index in [1.165, 1.54) is 6.07 Å². The minimum atomic E-state index is -1.06. The quantitative estimate of drug-likeness (QED) is 0.573. The van der Waals surface area contributed by atoms with Crippen LogP contribution in [0, 0.1) is 18.6 Å². The molecule has 5 nitrogen and oxygen atoms in total. The van der Waals surface area contributed by atoms with Gasteiger partial charge >= 0.3 is 0 Å². The van der Waals surface area contributed by atoms with Crippen LogP contribution in [0.15, 0.2) is 72.4 Å². The maximum Gasteiger partial charge on any atom is 0.278 e. The number of nitrogens with one attached hydrogen (secondary N) is 1. The number of hydrogen-bond donors (Lipinski definition) is 1. The van der Waals surface area contributed by atoms with Crippen molar-refractivity contribution >= 4 is 23.1 Å². The molecule has 7 heteroatoms. The largest absolute Gasteiger partial charge is 0.497 e. The lowest BCUT2D eigenvalue weighted by Gasteiger charge is -2.16. The highest BCUT2D eigenvalue weighted by Crippen LogP contribution is 2.32. The number of aryl methyl sites for hydroxylation is 1. The Morgan fingerprint density at radius 2 is 1.56 bits per heavy atom. The SMILES string of the molecule is COc1ccc(CN2C(=O)C(Nc3ccc(F)c(F)c3)=C(c3ccc(C)cc3)C2=O)cc1. The van der Waals surface area contributed by atoms with E-state index in [4.69, 9.17) is 4.74 Å². The molecule has 162 valence electrons. The first kappa shape index (κ1) is 21.2. The molecule has 2 amide bonds. The van der Waals surface area contributed by atoms with Gasteiger partial charge in [0.15, 0.2) is 11.6 Å². The van der Waals surface area contributed by atoms with Crippen molar-refractivity contribution in [3.8, 4) is 5.75 Å². The Balaban J connectivity index is 1.71. The van der Waals surface area contributed by atoms with Crippen molar-refractivity contribution in [3.05, 3.63) is 101 Å². The van der Waals surface area contributed by atoms with Crippen molar-refractivity contribution < 1.29 is 23.1 Å². The topological polar surface area (TPSA) is 58.6 Å². The molecule has 0 saturated heterocycles. The molecule has 0 atom stereocenters. The van der Waals surface area contributed by atoms with Crippen LogP contribution in [0.4, 0.5) is 14.5 Å². The molecular weight excluding hydrogens is 414 g/mol. The molecule has 0 bridgehead atoms. The Bertz CT molecular complexity index is 1220. The molecule has 0 aromatic heterocycles. The number of benzene rings is 3. The summed E-state index contributed by atoms with van der Waals surface area (Å²) in [5.74, 6) is -2.42. The molecule has 1 aliphatic rings. The van der Waals surface area contributed by atoms with Gasteiger partial charge in [-0.1, -0.05) is 42.0 Å². The van der Waals surface area contributed by atoms with Crippen LogP contribution in [0.1, 0.15) is 16.7 Å². The van der Waals surface area contributed by atoms with E-state index in [2.05, 4.69) is 5.32 Å². The first-order chi connectivity index (χ1) is 15.4. The summed E-state index contributed by atoms with van der Waals surface area (Å²) in [6.45, 7) is 1.97. The van der Waals surface area contributed by atoms with E-state index in [9.17, 15) is 18.4 Å². The lowest BCUT2D eigenvalue weighted by Crippen LogP contribution is -2.32. The minimum absolute atomic E-state index is 0.0124. The van der Waals surface area contributed by atoms with Gasteiger partial charge in [-0.15, -0.1) is 0 Å². The zero-order chi connectivity index (χ0) is 22.8. The first-order valence-electron chi connectivity index (χ1n) is 9.90. The van der Waals surface area contributed by atoms with E-state index < -0.39 is 23.4 Å². The average Bonchev–Trinajstić information content (AvgIpc) is 3.01. The number of carbonyl (C=O) groups is 2. The molecule has 0 aliphatic carbocycles. The Labute approximate surface area is 183 Å². The van der Waals surface area contributed by atoms with Gasteiger partial charge in [0.05, 0.1) is 19.2 Å². The number of methoxy groups -OCH3 is 1. The zero-order valence-corrected chi connectivity index (χ0v) is 17.5. The second kappa shape index (κ2) is 8.63. The van der Waals surface area contributed by atoms with Crippen molar-refractivity contribution in [2.45, 2.75) is 13.5 Å². The molecule has 32 heavy (non-hydrogen) atoms. The molecule has 3 aromatic rings. The van der Waals surface area contributed by atoms with Gasteiger partial charge in [-0.3, -0.25) is 14.5 Å². The smallest absolute Gasteiger partial charge is 0.278 e. The van der Waals surface area contributed by atoms with E-state index in [-0.39, 0.29) is 23.5 Å². The number of nitrogens with zero attached hydrogens (tertiary/aromatic N) is 1. The fourth-order valence-corrected chi connectivity index (χ4v) is 3.46. The van der Waals surface area contributed by atoms with Crippen molar-refractivity contribution in [3.63, 3.8) is 0 Å². The van der Waals surface area contributed by atoms with Gasteiger partial charge in [0.1, 0.15) is 11.4 Å². The Kier molecular flexibility index (Phi) is 5.73. The van der Waals surface area contributed by atoms with Crippen LogP contribution in [-0.4, -0.2) is 23.8 Å². The summed E-state index contributed by atoms with van der Waals surface area (Å²) in [4.78, 5) is 27.7. The standard InChI is InChI=1S/C25H20F2N2O3/c1-15-3-7-17(8-4-15)22-23(28-18-9-12-20(26)21(27)13-18)25(31)29(24(22)30)14-16-5-10-19(32-2)11-6-16/h3-13,28H,14H2,1-2H3. The number of carbonyl (C=O) groups excluding carboxylic acids is 2. The number of anilines is 1. The minimum Gasteiger partial charge on any atom is -0.497 e. The molecule has 0 saturated carbocycles. The summed E-state index contributed by atoms with van der Waals surface area (Å²) in [6, 6.07) is 17.4. The number of hydrogen-bond acceptors (Lipinski definition) is 4. The van der Waals surface area contributed by atoms with Gasteiger partial charge in [0.2, 0.25) is 0 Å². The van der Waals surface area contributed by atoms with Gasteiger partial charge in [-0.25, -0.2) is 8.78 Å². The number of ether oxygens (including phenoxy) is 1. The predicted molar refractivity (Wildman–Crippen MR) is 117 cm³/mol. The maximum absolute atomic E-state index is 13.7. The van der Waals surface area contributed by atoms with E-state index in [0.717, 1.165) is 28.2 Å². The van der Waals surface area contributed by atoms with E-state index >= 15 is 0 Å². The Morgan fingerprint density at radius 3 is 2.19 bits per heavy atom. The molecule has 0 unspecified atom stereocenters. The van der Waals surface area contributed by atoms with Crippen LogP contribution in [0.25, 0.3) is 5.57 Å². The van der Waals surface area contributed by atoms with E-state index in [0.29, 0.717) is 11.3 Å². The van der Waals surface area contributed by atoms with Crippen LogP contribution < -0.4 is 10.1 Å². The lowest BCUT2D eigenvalue weighted by molar-refractivity contribution is -0.137. The van der Waals surface area contributed by atoms with Crippen LogP contribution >= 0.6 is 0 Å². The third-order valence-electron chi connectivity index (χ3n) is 5.20. The summed E-state index contributed by atoms with van der Waals surface area (Å²) in [7, 11) is 1.55.